The van der Waals surface area contributed by atoms with E-state index in [2.05, 4.69) is 38.6 Å². The number of aromatic nitrogens is 2. The van der Waals surface area contributed by atoms with Crippen LogP contribution in [-0.4, -0.2) is 27.4 Å². The van der Waals surface area contributed by atoms with Crippen LogP contribution in [-0.2, 0) is 17.6 Å². The number of amides is 1. The Labute approximate surface area is 248 Å². The Morgan fingerprint density at radius 3 is 2.50 bits per heavy atom. The minimum absolute atomic E-state index is 0.0733. The third-order valence-corrected chi connectivity index (χ3v) is 9.45. The van der Waals surface area contributed by atoms with Gasteiger partial charge < -0.3 is 0 Å². The number of halogens is 1. The average Bonchev–Trinajstić information content (AvgIpc) is 3.36. The summed E-state index contributed by atoms with van der Waals surface area (Å²) in [4.78, 5) is 33.4. The van der Waals surface area contributed by atoms with E-state index in [0.717, 1.165) is 68.3 Å². The summed E-state index contributed by atoms with van der Waals surface area (Å²) in [5, 5.41) is 5.34. The number of hydrogen-bond donors (Lipinski definition) is 1. The molecule has 0 atom stereocenters. The minimum atomic E-state index is -0.274. The maximum atomic E-state index is 13.8. The van der Waals surface area contributed by atoms with Crippen molar-refractivity contribution in [3.8, 4) is 16.8 Å². The molecule has 5 aromatic rings. The van der Waals surface area contributed by atoms with Crippen LogP contribution < -0.4 is 11.0 Å². The van der Waals surface area contributed by atoms with Crippen LogP contribution in [0.2, 0.25) is 0 Å². The lowest BCUT2D eigenvalue weighted by molar-refractivity contribution is -0.118. The van der Waals surface area contributed by atoms with E-state index in [9.17, 15) is 9.59 Å². The molecule has 1 aliphatic rings. The molecule has 2 heterocycles. The zero-order valence-corrected chi connectivity index (χ0v) is 24.7. The lowest BCUT2D eigenvalue weighted by Crippen LogP contribution is -2.24. The number of fused-ring (bicyclic) bond motifs is 3. The number of carbonyl (C=O) groups is 1. The van der Waals surface area contributed by atoms with Gasteiger partial charge in [0.15, 0.2) is 5.16 Å². The van der Waals surface area contributed by atoms with Gasteiger partial charge in [-0.3, -0.25) is 14.2 Å². The molecule has 6 nitrogen and oxygen atoms in total. The molecule has 200 valence electrons. The summed E-state index contributed by atoms with van der Waals surface area (Å²) in [6.45, 7) is 0. The van der Waals surface area contributed by atoms with E-state index < -0.39 is 0 Å². The van der Waals surface area contributed by atoms with Crippen LogP contribution in [0.1, 0.15) is 28.8 Å². The van der Waals surface area contributed by atoms with Crippen molar-refractivity contribution in [2.24, 2.45) is 5.10 Å². The van der Waals surface area contributed by atoms with E-state index >= 15 is 0 Å². The third-order valence-electron chi connectivity index (χ3n) is 6.80. The van der Waals surface area contributed by atoms with Gasteiger partial charge >= 0.3 is 0 Å². The van der Waals surface area contributed by atoms with Crippen molar-refractivity contribution in [2.45, 2.75) is 30.8 Å². The van der Waals surface area contributed by atoms with Crippen molar-refractivity contribution in [1.82, 2.24) is 15.0 Å². The second-order valence-corrected chi connectivity index (χ2v) is 12.4. The summed E-state index contributed by atoms with van der Waals surface area (Å²) in [5.74, 6) is -0.201. The quantitative estimate of drug-likeness (QED) is 0.0911. The van der Waals surface area contributed by atoms with Gasteiger partial charge in [-0.05, 0) is 72.2 Å². The van der Waals surface area contributed by atoms with Crippen molar-refractivity contribution in [3.05, 3.63) is 110 Å². The fourth-order valence-corrected chi connectivity index (χ4v) is 7.21. The van der Waals surface area contributed by atoms with Gasteiger partial charge in [-0.25, -0.2) is 10.4 Å². The zero-order chi connectivity index (χ0) is 27.5. The summed E-state index contributed by atoms with van der Waals surface area (Å²) in [6, 6.07) is 25.7. The number of hydrazone groups is 1. The van der Waals surface area contributed by atoms with E-state index in [4.69, 9.17) is 4.98 Å². The third kappa shape index (κ3) is 5.68. The lowest BCUT2D eigenvalue weighted by Gasteiger charge is -2.13. The summed E-state index contributed by atoms with van der Waals surface area (Å²) in [5.41, 5.74) is 7.53. The molecule has 1 amide bonds. The first-order valence-electron chi connectivity index (χ1n) is 13.0. The number of carbonyl (C=O) groups excluding carboxylic acids is 1. The number of aryl methyl sites for hydroxylation is 2. The summed E-state index contributed by atoms with van der Waals surface area (Å²) in [6.07, 6.45) is 5.75. The maximum Gasteiger partial charge on any atom is 0.267 e. The van der Waals surface area contributed by atoms with Crippen molar-refractivity contribution >= 4 is 61.4 Å². The molecule has 0 unspecified atom stereocenters. The van der Waals surface area contributed by atoms with Gasteiger partial charge in [0.1, 0.15) is 4.83 Å². The van der Waals surface area contributed by atoms with E-state index in [1.165, 1.54) is 16.6 Å². The Hall–Kier alpha value is -3.53. The Bertz CT molecular complexity index is 1760. The Kier molecular flexibility index (Phi) is 7.95. The molecule has 0 fully saturated rings. The number of nitrogens with one attached hydrogen (secondary N) is 1. The highest BCUT2D eigenvalue weighted by Gasteiger charge is 2.23. The molecule has 6 rings (SSSR count). The van der Waals surface area contributed by atoms with E-state index in [1.54, 1.807) is 22.1 Å². The van der Waals surface area contributed by atoms with Crippen LogP contribution in [0.4, 0.5) is 0 Å². The molecule has 1 aliphatic carbocycles. The van der Waals surface area contributed by atoms with Gasteiger partial charge in [-0.15, -0.1) is 11.3 Å². The lowest BCUT2D eigenvalue weighted by atomic mass is 9.97. The summed E-state index contributed by atoms with van der Waals surface area (Å²) in [7, 11) is 0. The van der Waals surface area contributed by atoms with E-state index in [0.29, 0.717) is 5.16 Å². The molecule has 0 spiro atoms. The number of benzene rings is 3. The fraction of sp³-hybridized carbons (Fsp3) is 0.161. The first-order valence-corrected chi connectivity index (χ1v) is 15.6. The Balaban J connectivity index is 1.19. The van der Waals surface area contributed by atoms with Crippen molar-refractivity contribution < 1.29 is 4.79 Å². The van der Waals surface area contributed by atoms with Gasteiger partial charge in [-0.2, -0.15) is 5.10 Å². The Morgan fingerprint density at radius 1 is 1.00 bits per heavy atom. The van der Waals surface area contributed by atoms with E-state index in [1.807, 2.05) is 66.7 Å². The normalized spacial score (nSPS) is 13.0. The Morgan fingerprint density at radius 2 is 1.73 bits per heavy atom. The highest BCUT2D eigenvalue weighted by molar-refractivity contribution is 9.10. The zero-order valence-electron chi connectivity index (χ0n) is 21.5. The van der Waals surface area contributed by atoms with Crippen LogP contribution in [0.25, 0.3) is 27.0 Å². The van der Waals surface area contributed by atoms with Gasteiger partial charge in [0, 0.05) is 9.35 Å². The van der Waals surface area contributed by atoms with Gasteiger partial charge in [0.05, 0.1) is 23.0 Å². The van der Waals surface area contributed by atoms with Crippen molar-refractivity contribution in [1.29, 1.82) is 0 Å². The number of rotatable bonds is 7. The molecule has 9 heteroatoms. The second kappa shape index (κ2) is 11.9. The second-order valence-electron chi connectivity index (χ2n) is 9.47. The summed E-state index contributed by atoms with van der Waals surface area (Å²) < 4.78 is 2.55. The number of thiophene rings is 1. The number of thioether (sulfide) groups is 1. The fourth-order valence-electron chi connectivity index (χ4n) is 4.83. The molecular weight excluding hydrogens is 604 g/mol. The monoisotopic (exact) mass is 628 g/mol. The minimum Gasteiger partial charge on any atom is -0.272 e. The standard InChI is InChI=1S/C31H25BrN4O2S2/c32-23-14-16-24(17-15-23)36-30(38)28-25-8-4-5-9-26(25)40-29(28)34-31(36)39-19-27(37)35-33-18-20-10-12-22(13-11-20)21-6-2-1-3-7-21/h1-3,6-7,10-18H,4-5,8-9,19H2,(H,35,37). The van der Waals surface area contributed by atoms with Crippen molar-refractivity contribution in [2.75, 3.05) is 5.75 Å². The van der Waals surface area contributed by atoms with Gasteiger partial charge in [-0.1, -0.05) is 82.3 Å². The van der Waals surface area contributed by atoms with Crippen LogP contribution in [0.5, 0.6) is 0 Å². The van der Waals surface area contributed by atoms with Crippen molar-refractivity contribution in [3.63, 3.8) is 0 Å². The largest absolute Gasteiger partial charge is 0.272 e. The first kappa shape index (κ1) is 26.7. The van der Waals surface area contributed by atoms with Crippen LogP contribution in [0.3, 0.4) is 0 Å². The predicted molar refractivity (Wildman–Crippen MR) is 168 cm³/mol. The SMILES string of the molecule is O=C(CSc1nc2sc3c(c2c(=O)n1-c1ccc(Br)cc1)CCCC3)NN=Cc1ccc(-c2ccccc2)cc1. The first-order chi connectivity index (χ1) is 19.6. The molecule has 0 saturated carbocycles. The topological polar surface area (TPSA) is 76.3 Å². The van der Waals surface area contributed by atoms with Gasteiger partial charge in [0.2, 0.25) is 0 Å². The molecule has 0 radical (unpaired) electrons. The van der Waals surface area contributed by atoms with Crippen LogP contribution >= 0.6 is 39.0 Å². The smallest absolute Gasteiger partial charge is 0.267 e. The van der Waals surface area contributed by atoms with Gasteiger partial charge in [0.25, 0.3) is 11.5 Å². The molecule has 3 aromatic carbocycles. The molecule has 0 saturated heterocycles. The highest BCUT2D eigenvalue weighted by Crippen LogP contribution is 2.35. The molecule has 1 N–H and O–H groups in total. The van der Waals surface area contributed by atoms with Crippen LogP contribution in [0, 0.1) is 0 Å². The molecule has 0 bridgehead atoms. The molecule has 0 aliphatic heterocycles. The molecule has 40 heavy (non-hydrogen) atoms. The predicted octanol–water partition coefficient (Wildman–Crippen LogP) is 7.00. The molecule has 2 aromatic heterocycles. The number of hydrogen-bond acceptors (Lipinski definition) is 6. The maximum absolute atomic E-state index is 13.8. The summed E-state index contributed by atoms with van der Waals surface area (Å²) >= 11 is 6.32. The van der Waals surface area contributed by atoms with E-state index in [-0.39, 0.29) is 17.2 Å². The molecular formula is C31H25BrN4O2S2. The number of nitrogens with zero attached hydrogens (tertiary/aromatic N) is 3. The highest BCUT2D eigenvalue weighted by atomic mass is 79.9. The average molecular weight is 630 g/mol. The van der Waals surface area contributed by atoms with Crippen LogP contribution in [0.15, 0.2) is 98.4 Å².